The van der Waals surface area contributed by atoms with E-state index in [-0.39, 0.29) is 5.91 Å². The normalized spacial score (nSPS) is 19.8. The topological polar surface area (TPSA) is 54.9 Å². The largest absolute Gasteiger partial charge is 0.301 e. The Morgan fingerprint density at radius 3 is 2.81 bits per heavy atom. The fourth-order valence-electron chi connectivity index (χ4n) is 1.70. The summed E-state index contributed by atoms with van der Waals surface area (Å²) in [6, 6.07) is 0. The monoisotopic (exact) mass is 237 g/mol. The maximum absolute atomic E-state index is 11.6. The van der Waals surface area contributed by atoms with Crippen molar-refractivity contribution in [1.82, 2.24) is 10.2 Å². The third-order valence-corrected chi connectivity index (χ3v) is 4.09. The molecule has 2 saturated carbocycles. The standard InChI is InChI=1S/C11H15N3OS/c15-9(6-3-7-1-2-7)12-11-14-13-10(16-11)8-4-5-8/h7-8H,1-6H2,(H,12,14,15). The molecule has 2 aliphatic carbocycles. The summed E-state index contributed by atoms with van der Waals surface area (Å²) in [7, 11) is 0. The van der Waals surface area contributed by atoms with Gasteiger partial charge in [0, 0.05) is 12.3 Å². The Labute approximate surface area is 98.5 Å². The minimum atomic E-state index is 0.0883. The summed E-state index contributed by atoms with van der Waals surface area (Å²) in [5.74, 6) is 1.52. The van der Waals surface area contributed by atoms with Crippen molar-refractivity contribution < 1.29 is 4.79 Å². The fourth-order valence-corrected chi connectivity index (χ4v) is 2.63. The highest BCUT2D eigenvalue weighted by molar-refractivity contribution is 7.15. The molecule has 1 aromatic rings. The first-order valence-electron chi connectivity index (χ1n) is 5.94. The first kappa shape index (κ1) is 10.2. The quantitative estimate of drug-likeness (QED) is 0.856. The summed E-state index contributed by atoms with van der Waals surface area (Å²) in [6.45, 7) is 0. The molecule has 0 atom stereocenters. The first-order valence-corrected chi connectivity index (χ1v) is 6.76. The molecule has 0 saturated heterocycles. The number of nitrogens with one attached hydrogen (secondary N) is 1. The third kappa shape index (κ3) is 2.58. The lowest BCUT2D eigenvalue weighted by Gasteiger charge is -1.99. The van der Waals surface area contributed by atoms with Gasteiger partial charge >= 0.3 is 0 Å². The van der Waals surface area contributed by atoms with E-state index in [2.05, 4.69) is 15.5 Å². The van der Waals surface area contributed by atoms with Gasteiger partial charge in [-0.15, -0.1) is 10.2 Å². The second kappa shape index (κ2) is 4.13. The Morgan fingerprint density at radius 2 is 2.12 bits per heavy atom. The Morgan fingerprint density at radius 1 is 1.31 bits per heavy atom. The number of hydrogen-bond acceptors (Lipinski definition) is 4. The minimum Gasteiger partial charge on any atom is -0.301 e. The van der Waals surface area contributed by atoms with E-state index in [0.29, 0.717) is 17.5 Å². The van der Waals surface area contributed by atoms with Crippen molar-refractivity contribution in [2.75, 3.05) is 5.32 Å². The van der Waals surface area contributed by atoms with Crippen LogP contribution in [0.5, 0.6) is 0 Å². The molecule has 0 spiro atoms. The number of hydrogen-bond donors (Lipinski definition) is 1. The molecule has 1 aromatic heterocycles. The lowest BCUT2D eigenvalue weighted by Crippen LogP contribution is -2.11. The predicted octanol–water partition coefficient (Wildman–Crippen LogP) is 2.54. The fraction of sp³-hybridized carbons (Fsp3) is 0.727. The average Bonchev–Trinajstić information content (AvgIpc) is 3.17. The Kier molecular flexibility index (Phi) is 2.63. The highest BCUT2D eigenvalue weighted by Crippen LogP contribution is 2.42. The smallest absolute Gasteiger partial charge is 0.226 e. The molecule has 3 rings (SSSR count). The molecule has 0 aromatic carbocycles. The maximum atomic E-state index is 11.6. The van der Waals surface area contributed by atoms with E-state index in [9.17, 15) is 4.79 Å². The third-order valence-electron chi connectivity index (χ3n) is 3.09. The molecule has 2 aliphatic rings. The van der Waals surface area contributed by atoms with Crippen molar-refractivity contribution in [3.05, 3.63) is 5.01 Å². The van der Waals surface area contributed by atoms with Gasteiger partial charge in [0.05, 0.1) is 0 Å². The zero-order valence-electron chi connectivity index (χ0n) is 9.11. The van der Waals surface area contributed by atoms with E-state index >= 15 is 0 Å². The molecule has 4 nitrogen and oxygen atoms in total. The van der Waals surface area contributed by atoms with Crippen molar-refractivity contribution in [3.63, 3.8) is 0 Å². The van der Waals surface area contributed by atoms with Gasteiger partial charge in [0.2, 0.25) is 11.0 Å². The summed E-state index contributed by atoms with van der Waals surface area (Å²) >= 11 is 1.53. The zero-order valence-corrected chi connectivity index (χ0v) is 9.92. The van der Waals surface area contributed by atoms with Crippen LogP contribution in [-0.4, -0.2) is 16.1 Å². The summed E-state index contributed by atoms with van der Waals surface area (Å²) in [6.07, 6.45) is 6.72. The molecule has 2 fully saturated rings. The minimum absolute atomic E-state index is 0.0883. The molecule has 16 heavy (non-hydrogen) atoms. The number of anilines is 1. The van der Waals surface area contributed by atoms with E-state index in [4.69, 9.17) is 0 Å². The van der Waals surface area contributed by atoms with E-state index < -0.39 is 0 Å². The second-order valence-corrected chi connectivity index (χ2v) is 5.76. The highest BCUT2D eigenvalue weighted by atomic mass is 32.1. The van der Waals surface area contributed by atoms with Crippen LogP contribution >= 0.6 is 11.3 Å². The van der Waals surface area contributed by atoms with Gasteiger partial charge in [0.1, 0.15) is 5.01 Å². The SMILES string of the molecule is O=C(CCC1CC1)Nc1nnc(C2CC2)s1. The first-order chi connectivity index (χ1) is 7.81. The Hall–Kier alpha value is -0.970. The van der Waals surface area contributed by atoms with Gasteiger partial charge < -0.3 is 5.32 Å². The number of carbonyl (C=O) groups excluding carboxylic acids is 1. The number of nitrogens with zero attached hydrogens (tertiary/aromatic N) is 2. The van der Waals surface area contributed by atoms with Gasteiger partial charge in [-0.1, -0.05) is 24.2 Å². The van der Waals surface area contributed by atoms with Gasteiger partial charge in [-0.3, -0.25) is 4.79 Å². The average molecular weight is 237 g/mol. The molecule has 1 heterocycles. The zero-order chi connectivity index (χ0) is 11.0. The molecule has 1 amide bonds. The van der Waals surface area contributed by atoms with Crippen LogP contribution in [0, 0.1) is 5.92 Å². The van der Waals surface area contributed by atoms with Gasteiger partial charge in [-0.25, -0.2) is 0 Å². The second-order valence-electron chi connectivity index (χ2n) is 4.75. The molecule has 0 radical (unpaired) electrons. The van der Waals surface area contributed by atoms with Crippen LogP contribution in [0.2, 0.25) is 0 Å². The van der Waals surface area contributed by atoms with E-state index in [1.165, 1.54) is 37.0 Å². The molecule has 0 bridgehead atoms. The van der Waals surface area contributed by atoms with Crippen LogP contribution < -0.4 is 5.32 Å². The molecule has 5 heteroatoms. The van der Waals surface area contributed by atoms with Crippen LogP contribution in [0.1, 0.15) is 49.5 Å². The van der Waals surface area contributed by atoms with Crippen molar-refractivity contribution in [1.29, 1.82) is 0 Å². The lowest BCUT2D eigenvalue weighted by molar-refractivity contribution is -0.116. The number of aromatic nitrogens is 2. The summed E-state index contributed by atoms with van der Waals surface area (Å²) in [5.41, 5.74) is 0. The van der Waals surface area contributed by atoms with E-state index in [1.54, 1.807) is 0 Å². The molecule has 0 unspecified atom stereocenters. The van der Waals surface area contributed by atoms with Crippen LogP contribution in [0.3, 0.4) is 0 Å². The molecular weight excluding hydrogens is 222 g/mol. The predicted molar refractivity (Wildman–Crippen MR) is 62.5 cm³/mol. The van der Waals surface area contributed by atoms with E-state index in [0.717, 1.165) is 17.3 Å². The summed E-state index contributed by atoms with van der Waals surface area (Å²) < 4.78 is 0. The van der Waals surface area contributed by atoms with Gasteiger partial charge in [0.25, 0.3) is 0 Å². The maximum Gasteiger partial charge on any atom is 0.226 e. The summed E-state index contributed by atoms with van der Waals surface area (Å²) in [4.78, 5) is 11.6. The van der Waals surface area contributed by atoms with Crippen LogP contribution in [-0.2, 0) is 4.79 Å². The Bertz CT molecular complexity index is 396. The molecule has 86 valence electrons. The van der Waals surface area contributed by atoms with Crippen LogP contribution in [0.15, 0.2) is 0 Å². The highest BCUT2D eigenvalue weighted by Gasteiger charge is 2.28. The lowest BCUT2D eigenvalue weighted by atomic mass is 10.2. The van der Waals surface area contributed by atoms with Crippen molar-refractivity contribution in [2.45, 2.75) is 44.4 Å². The van der Waals surface area contributed by atoms with E-state index in [1.807, 2.05) is 0 Å². The van der Waals surface area contributed by atoms with Gasteiger partial charge in [-0.05, 0) is 25.2 Å². The Balaban J connectivity index is 1.49. The van der Waals surface area contributed by atoms with Crippen molar-refractivity contribution in [2.24, 2.45) is 5.92 Å². The van der Waals surface area contributed by atoms with Crippen LogP contribution in [0.25, 0.3) is 0 Å². The van der Waals surface area contributed by atoms with Crippen molar-refractivity contribution in [3.8, 4) is 0 Å². The van der Waals surface area contributed by atoms with Crippen molar-refractivity contribution >= 4 is 22.4 Å². The van der Waals surface area contributed by atoms with Gasteiger partial charge in [-0.2, -0.15) is 0 Å². The molecule has 0 aliphatic heterocycles. The number of carbonyl (C=O) groups is 1. The van der Waals surface area contributed by atoms with Crippen LogP contribution in [0.4, 0.5) is 5.13 Å². The number of amides is 1. The summed E-state index contributed by atoms with van der Waals surface area (Å²) in [5, 5.41) is 12.7. The molecule has 1 N–H and O–H groups in total. The van der Waals surface area contributed by atoms with Gasteiger partial charge in [0.15, 0.2) is 0 Å². The number of rotatable bonds is 5. The molecular formula is C11H15N3OS.